The van der Waals surface area contributed by atoms with Gasteiger partial charge in [0.1, 0.15) is 5.82 Å². The molecule has 0 aromatic carbocycles. The van der Waals surface area contributed by atoms with Crippen molar-refractivity contribution in [2.24, 2.45) is 5.41 Å². The molecule has 1 saturated carbocycles. The van der Waals surface area contributed by atoms with Crippen LogP contribution in [0.4, 0.5) is 5.82 Å². The largest absolute Gasteiger partial charge is 0.464 e. The first-order valence-corrected chi connectivity index (χ1v) is 4.95. The van der Waals surface area contributed by atoms with Gasteiger partial charge in [-0.15, -0.1) is 0 Å². The van der Waals surface area contributed by atoms with E-state index in [2.05, 4.69) is 16.6 Å². The van der Waals surface area contributed by atoms with Gasteiger partial charge < -0.3 is 15.0 Å². The number of ether oxygens (including phenoxy) is 1. The second-order valence-corrected chi connectivity index (χ2v) is 4.41. The van der Waals surface area contributed by atoms with Crippen LogP contribution in [0.15, 0.2) is 6.33 Å². The number of hydrogen-bond donors (Lipinski definition) is 1. The highest BCUT2D eigenvalue weighted by molar-refractivity contribution is 5.92. The molecule has 5 nitrogen and oxygen atoms in total. The summed E-state index contributed by atoms with van der Waals surface area (Å²) in [6.07, 6.45) is 4.02. The van der Waals surface area contributed by atoms with Crippen molar-refractivity contribution in [2.75, 3.05) is 12.8 Å². The number of carbonyl (C=O) groups excluding carboxylic acids is 1. The van der Waals surface area contributed by atoms with E-state index in [0.29, 0.717) is 11.2 Å². The second-order valence-electron chi connectivity index (χ2n) is 4.41. The van der Waals surface area contributed by atoms with Crippen molar-refractivity contribution in [3.63, 3.8) is 0 Å². The third kappa shape index (κ3) is 1.82. The zero-order chi connectivity index (χ0) is 11.1. The maximum atomic E-state index is 11.3. The Balaban J connectivity index is 2.19. The minimum atomic E-state index is -0.479. The van der Waals surface area contributed by atoms with Crippen molar-refractivity contribution in [1.29, 1.82) is 0 Å². The lowest BCUT2D eigenvalue weighted by atomic mass is 10.1. The van der Waals surface area contributed by atoms with E-state index in [1.165, 1.54) is 20.0 Å². The molecule has 0 atom stereocenters. The molecule has 1 aromatic rings. The Hall–Kier alpha value is -1.52. The average Bonchev–Trinajstić information content (AvgIpc) is 2.83. The minimum absolute atomic E-state index is 0.210. The number of rotatable bonds is 3. The van der Waals surface area contributed by atoms with Gasteiger partial charge in [-0.1, -0.05) is 6.92 Å². The molecule has 0 radical (unpaired) electrons. The van der Waals surface area contributed by atoms with E-state index in [0.717, 1.165) is 6.54 Å². The predicted molar refractivity (Wildman–Crippen MR) is 55.3 cm³/mol. The molecule has 15 heavy (non-hydrogen) atoms. The van der Waals surface area contributed by atoms with Crippen molar-refractivity contribution in [2.45, 2.75) is 26.3 Å². The molecular weight excluding hydrogens is 194 g/mol. The summed E-state index contributed by atoms with van der Waals surface area (Å²) in [6.45, 7) is 3.02. The number of esters is 1. The Bertz CT molecular complexity index is 393. The molecule has 82 valence electrons. The van der Waals surface area contributed by atoms with Crippen LogP contribution >= 0.6 is 0 Å². The lowest BCUT2D eigenvalue weighted by Crippen LogP contribution is -2.12. The smallest absolute Gasteiger partial charge is 0.360 e. The van der Waals surface area contributed by atoms with E-state index >= 15 is 0 Å². The summed E-state index contributed by atoms with van der Waals surface area (Å²) >= 11 is 0. The first-order chi connectivity index (χ1) is 7.06. The van der Waals surface area contributed by atoms with Gasteiger partial charge >= 0.3 is 5.97 Å². The van der Waals surface area contributed by atoms with Gasteiger partial charge in [0.05, 0.1) is 13.4 Å². The summed E-state index contributed by atoms with van der Waals surface area (Å²) in [5.41, 5.74) is 6.36. The Morgan fingerprint density at radius 2 is 2.40 bits per heavy atom. The van der Waals surface area contributed by atoms with Gasteiger partial charge in [0.15, 0.2) is 5.69 Å². The summed E-state index contributed by atoms with van der Waals surface area (Å²) in [5, 5.41) is 0. The van der Waals surface area contributed by atoms with Gasteiger partial charge in [-0.2, -0.15) is 0 Å². The van der Waals surface area contributed by atoms with Crippen molar-refractivity contribution >= 4 is 11.8 Å². The Morgan fingerprint density at radius 1 is 1.73 bits per heavy atom. The molecule has 0 aliphatic heterocycles. The quantitative estimate of drug-likeness (QED) is 0.755. The summed E-state index contributed by atoms with van der Waals surface area (Å²) in [6, 6.07) is 0. The van der Waals surface area contributed by atoms with Gasteiger partial charge in [0.25, 0.3) is 0 Å². The fourth-order valence-corrected chi connectivity index (χ4v) is 1.55. The minimum Gasteiger partial charge on any atom is -0.464 e. The van der Waals surface area contributed by atoms with Crippen LogP contribution in [-0.4, -0.2) is 22.6 Å². The topological polar surface area (TPSA) is 70.1 Å². The van der Waals surface area contributed by atoms with Gasteiger partial charge in [0, 0.05) is 6.54 Å². The highest BCUT2D eigenvalue weighted by Gasteiger charge is 2.38. The summed E-state index contributed by atoms with van der Waals surface area (Å²) in [7, 11) is 1.32. The standard InChI is InChI=1S/C10H15N3O2/c1-10(3-4-10)5-13-6-12-7(8(13)11)9(14)15-2/h6H,3-5,11H2,1-2H3. The summed E-state index contributed by atoms with van der Waals surface area (Å²) in [5.74, 6) is -0.0813. The molecule has 1 aliphatic carbocycles. The molecule has 2 N–H and O–H groups in total. The van der Waals surface area contributed by atoms with Crippen molar-refractivity contribution in [3.05, 3.63) is 12.0 Å². The average molecular weight is 209 g/mol. The fourth-order valence-electron chi connectivity index (χ4n) is 1.55. The third-order valence-corrected chi connectivity index (χ3v) is 2.91. The number of nitrogens with zero attached hydrogens (tertiary/aromatic N) is 2. The van der Waals surface area contributed by atoms with Crippen LogP contribution in [0.3, 0.4) is 0 Å². The normalized spacial score (nSPS) is 17.5. The maximum absolute atomic E-state index is 11.3. The van der Waals surface area contributed by atoms with E-state index in [4.69, 9.17) is 5.73 Å². The van der Waals surface area contributed by atoms with Crippen LogP contribution in [0.5, 0.6) is 0 Å². The Kier molecular flexibility index (Phi) is 2.17. The van der Waals surface area contributed by atoms with E-state index < -0.39 is 5.97 Å². The van der Waals surface area contributed by atoms with Crippen LogP contribution < -0.4 is 5.73 Å². The lowest BCUT2D eigenvalue weighted by Gasteiger charge is -2.10. The second kappa shape index (κ2) is 3.25. The van der Waals surface area contributed by atoms with Crippen LogP contribution in [-0.2, 0) is 11.3 Å². The lowest BCUT2D eigenvalue weighted by molar-refractivity contribution is 0.0596. The van der Waals surface area contributed by atoms with Gasteiger partial charge in [-0.3, -0.25) is 0 Å². The number of hydrogen-bond acceptors (Lipinski definition) is 4. The number of imidazole rings is 1. The number of aromatic nitrogens is 2. The Labute approximate surface area is 88.2 Å². The molecular formula is C10H15N3O2. The molecule has 0 unspecified atom stereocenters. The number of nitrogens with two attached hydrogens (primary N) is 1. The summed E-state index contributed by atoms with van der Waals surface area (Å²) < 4.78 is 6.40. The monoisotopic (exact) mass is 209 g/mol. The van der Waals surface area contributed by atoms with Crippen molar-refractivity contribution in [1.82, 2.24) is 9.55 Å². The highest BCUT2D eigenvalue weighted by atomic mass is 16.5. The van der Waals surface area contributed by atoms with Crippen molar-refractivity contribution < 1.29 is 9.53 Å². The number of anilines is 1. The molecule has 0 spiro atoms. The van der Waals surface area contributed by atoms with E-state index in [9.17, 15) is 4.79 Å². The summed E-state index contributed by atoms with van der Waals surface area (Å²) in [4.78, 5) is 15.2. The van der Waals surface area contributed by atoms with Crippen LogP contribution in [0.25, 0.3) is 0 Å². The van der Waals surface area contributed by atoms with E-state index in [1.54, 1.807) is 6.33 Å². The van der Waals surface area contributed by atoms with E-state index in [-0.39, 0.29) is 5.69 Å². The molecule has 1 fully saturated rings. The third-order valence-electron chi connectivity index (χ3n) is 2.91. The number of methoxy groups -OCH3 is 1. The van der Waals surface area contributed by atoms with Crippen LogP contribution in [0, 0.1) is 5.41 Å². The number of nitrogen functional groups attached to an aromatic ring is 1. The molecule has 2 rings (SSSR count). The molecule has 0 bridgehead atoms. The molecule has 5 heteroatoms. The maximum Gasteiger partial charge on any atom is 0.360 e. The zero-order valence-corrected chi connectivity index (χ0v) is 8.99. The molecule has 0 saturated heterocycles. The predicted octanol–water partition coefficient (Wildman–Crippen LogP) is 1.05. The first kappa shape index (κ1) is 10.0. The molecule has 1 aliphatic rings. The van der Waals surface area contributed by atoms with E-state index in [1.807, 2.05) is 4.57 Å². The highest BCUT2D eigenvalue weighted by Crippen LogP contribution is 2.46. The van der Waals surface area contributed by atoms with Crippen LogP contribution in [0.1, 0.15) is 30.3 Å². The van der Waals surface area contributed by atoms with Crippen LogP contribution in [0.2, 0.25) is 0 Å². The fraction of sp³-hybridized carbons (Fsp3) is 0.600. The van der Waals surface area contributed by atoms with Gasteiger partial charge in [-0.25, -0.2) is 9.78 Å². The molecule has 1 aromatic heterocycles. The van der Waals surface area contributed by atoms with Gasteiger partial charge in [-0.05, 0) is 18.3 Å². The number of carbonyl (C=O) groups is 1. The first-order valence-electron chi connectivity index (χ1n) is 4.95. The Morgan fingerprint density at radius 3 is 2.93 bits per heavy atom. The van der Waals surface area contributed by atoms with Gasteiger partial charge in [0.2, 0.25) is 0 Å². The SMILES string of the molecule is COC(=O)c1ncn(CC2(C)CC2)c1N. The molecule has 1 heterocycles. The van der Waals surface area contributed by atoms with Crippen molar-refractivity contribution in [3.8, 4) is 0 Å². The zero-order valence-electron chi connectivity index (χ0n) is 8.99. The molecule has 0 amide bonds.